The van der Waals surface area contributed by atoms with Crippen LogP contribution in [0.25, 0.3) is 0 Å². The van der Waals surface area contributed by atoms with Gasteiger partial charge in [0.15, 0.2) is 5.79 Å². The zero-order chi connectivity index (χ0) is 10.8. The molecule has 3 heteroatoms. The molecule has 5 aliphatic rings. The van der Waals surface area contributed by atoms with Crippen LogP contribution in [-0.4, -0.2) is 24.4 Å². The lowest BCUT2D eigenvalue weighted by molar-refractivity contribution is -0.293. The van der Waals surface area contributed by atoms with E-state index in [1.54, 1.807) is 0 Å². The van der Waals surface area contributed by atoms with Gasteiger partial charge in [0.1, 0.15) is 0 Å². The summed E-state index contributed by atoms with van der Waals surface area (Å²) in [5.74, 6) is 3.63. The van der Waals surface area contributed by atoms with Gasteiger partial charge in [-0.3, -0.25) is 0 Å². The van der Waals surface area contributed by atoms with Crippen molar-refractivity contribution in [3.05, 3.63) is 0 Å². The lowest BCUT2D eigenvalue weighted by Gasteiger charge is -2.58. The van der Waals surface area contributed by atoms with Crippen LogP contribution >= 0.6 is 11.6 Å². The fourth-order valence-corrected chi connectivity index (χ4v) is 5.05. The van der Waals surface area contributed by atoms with Gasteiger partial charge in [-0.1, -0.05) is 0 Å². The molecule has 1 heterocycles. The summed E-state index contributed by atoms with van der Waals surface area (Å²) in [7, 11) is 0. The number of alkyl halides is 1. The predicted molar refractivity (Wildman–Crippen MR) is 61.3 cm³/mol. The van der Waals surface area contributed by atoms with Gasteiger partial charge in [-0.2, -0.15) is 0 Å². The first-order valence-corrected chi connectivity index (χ1v) is 7.21. The Kier molecular flexibility index (Phi) is 2.14. The summed E-state index contributed by atoms with van der Waals surface area (Å²) in [4.78, 5) is 0. The van der Waals surface area contributed by atoms with Gasteiger partial charge in [-0.15, -0.1) is 11.6 Å². The van der Waals surface area contributed by atoms with Gasteiger partial charge in [0, 0.05) is 11.8 Å². The minimum Gasteiger partial charge on any atom is -0.347 e. The Labute approximate surface area is 102 Å². The molecular formula is C13H19ClO2. The molecule has 1 saturated heterocycles. The summed E-state index contributed by atoms with van der Waals surface area (Å²) >= 11 is 5.90. The van der Waals surface area contributed by atoms with Crippen LogP contribution in [0, 0.1) is 23.7 Å². The first-order chi connectivity index (χ1) is 7.80. The van der Waals surface area contributed by atoms with E-state index in [0.717, 1.165) is 11.8 Å². The fraction of sp³-hybridized carbons (Fsp3) is 1.00. The number of hydrogen-bond acceptors (Lipinski definition) is 2. The van der Waals surface area contributed by atoms with Crippen molar-refractivity contribution in [2.45, 2.75) is 44.0 Å². The van der Waals surface area contributed by atoms with Crippen molar-refractivity contribution in [2.75, 3.05) is 12.5 Å². The van der Waals surface area contributed by atoms with Crippen molar-refractivity contribution in [1.82, 2.24) is 0 Å². The molecular weight excluding hydrogens is 224 g/mol. The molecule has 0 amide bonds. The van der Waals surface area contributed by atoms with Gasteiger partial charge >= 0.3 is 0 Å². The van der Waals surface area contributed by atoms with Gasteiger partial charge in [0.05, 0.1) is 18.6 Å². The van der Waals surface area contributed by atoms with E-state index < -0.39 is 0 Å². The topological polar surface area (TPSA) is 18.5 Å². The normalized spacial score (nSPS) is 58.7. The van der Waals surface area contributed by atoms with Crippen molar-refractivity contribution in [1.29, 1.82) is 0 Å². The highest BCUT2D eigenvalue weighted by atomic mass is 35.5. The van der Waals surface area contributed by atoms with Crippen LogP contribution < -0.4 is 0 Å². The minimum absolute atomic E-state index is 0.138. The molecule has 16 heavy (non-hydrogen) atoms. The third-order valence-corrected chi connectivity index (χ3v) is 5.64. The molecule has 4 bridgehead atoms. The Balaban J connectivity index is 1.64. The maximum absolute atomic E-state index is 6.22. The van der Waals surface area contributed by atoms with E-state index in [1.807, 2.05) is 0 Å². The van der Waals surface area contributed by atoms with Crippen molar-refractivity contribution in [3.63, 3.8) is 0 Å². The van der Waals surface area contributed by atoms with Crippen LogP contribution in [-0.2, 0) is 9.47 Å². The number of rotatable bonds is 1. The first-order valence-electron chi connectivity index (χ1n) is 6.68. The Bertz CT molecular complexity index is 276. The van der Waals surface area contributed by atoms with Gasteiger partial charge in [0.25, 0.3) is 0 Å². The molecule has 1 unspecified atom stereocenters. The van der Waals surface area contributed by atoms with Crippen LogP contribution in [0.3, 0.4) is 0 Å². The maximum Gasteiger partial charge on any atom is 0.174 e. The van der Waals surface area contributed by atoms with Crippen molar-refractivity contribution < 1.29 is 9.47 Å². The highest BCUT2D eigenvalue weighted by molar-refractivity contribution is 6.18. The molecule has 0 aromatic rings. The zero-order valence-electron chi connectivity index (χ0n) is 9.53. The lowest BCUT2D eigenvalue weighted by Crippen LogP contribution is -2.58. The van der Waals surface area contributed by atoms with E-state index >= 15 is 0 Å². The van der Waals surface area contributed by atoms with E-state index in [1.165, 1.54) is 32.1 Å². The van der Waals surface area contributed by atoms with E-state index in [4.69, 9.17) is 21.1 Å². The highest BCUT2D eigenvalue weighted by Gasteiger charge is 2.61. The van der Waals surface area contributed by atoms with Crippen LogP contribution in [0.1, 0.15) is 32.1 Å². The highest BCUT2D eigenvalue weighted by Crippen LogP contribution is 2.61. The summed E-state index contributed by atoms with van der Waals surface area (Å²) in [5, 5.41) is 0. The van der Waals surface area contributed by atoms with Crippen LogP contribution in [0.2, 0.25) is 0 Å². The first kappa shape index (κ1) is 10.2. The van der Waals surface area contributed by atoms with Gasteiger partial charge in [-0.05, 0) is 43.9 Å². The monoisotopic (exact) mass is 242 g/mol. The van der Waals surface area contributed by atoms with Gasteiger partial charge in [0.2, 0.25) is 0 Å². The van der Waals surface area contributed by atoms with Gasteiger partial charge in [-0.25, -0.2) is 0 Å². The second-order valence-corrected chi connectivity index (χ2v) is 6.54. The largest absolute Gasteiger partial charge is 0.347 e. The second-order valence-electron chi connectivity index (χ2n) is 6.23. The molecule has 1 spiro atoms. The summed E-state index contributed by atoms with van der Waals surface area (Å²) in [6.45, 7) is 0.714. The summed E-state index contributed by atoms with van der Waals surface area (Å²) < 4.78 is 12.3. The molecule has 0 aromatic carbocycles. The Morgan fingerprint density at radius 3 is 2.12 bits per heavy atom. The summed E-state index contributed by atoms with van der Waals surface area (Å²) in [6, 6.07) is 0. The maximum atomic E-state index is 6.22. The molecule has 0 radical (unpaired) electrons. The van der Waals surface area contributed by atoms with E-state index in [0.29, 0.717) is 24.3 Å². The lowest BCUT2D eigenvalue weighted by atomic mass is 9.53. The number of hydrogen-bond donors (Lipinski definition) is 0. The molecule has 1 aliphatic heterocycles. The van der Waals surface area contributed by atoms with Crippen molar-refractivity contribution in [3.8, 4) is 0 Å². The standard InChI is InChI=1S/C13H19ClO2/c14-6-12-7-15-13(16-12)10-2-8-1-9(4-10)5-11(13)3-8/h8-12H,1-7H2. The van der Waals surface area contributed by atoms with E-state index in [-0.39, 0.29) is 11.9 Å². The summed E-state index contributed by atoms with van der Waals surface area (Å²) in [5.41, 5.74) is 0. The Hall–Kier alpha value is 0.210. The average molecular weight is 243 g/mol. The quantitative estimate of drug-likeness (QED) is 0.659. The summed E-state index contributed by atoms with van der Waals surface area (Å²) in [6.07, 6.45) is 6.95. The molecule has 5 rings (SSSR count). The Morgan fingerprint density at radius 1 is 1.00 bits per heavy atom. The second kappa shape index (κ2) is 3.37. The van der Waals surface area contributed by atoms with Crippen LogP contribution in [0.5, 0.6) is 0 Å². The molecule has 0 aromatic heterocycles. The molecule has 0 N–H and O–H groups in total. The molecule has 1 atom stereocenters. The van der Waals surface area contributed by atoms with E-state index in [9.17, 15) is 0 Å². The van der Waals surface area contributed by atoms with E-state index in [2.05, 4.69) is 0 Å². The zero-order valence-corrected chi connectivity index (χ0v) is 10.3. The molecule has 4 aliphatic carbocycles. The smallest absolute Gasteiger partial charge is 0.174 e. The Morgan fingerprint density at radius 2 is 1.62 bits per heavy atom. The third kappa shape index (κ3) is 1.21. The van der Waals surface area contributed by atoms with Crippen LogP contribution in [0.4, 0.5) is 0 Å². The molecule has 4 saturated carbocycles. The molecule has 90 valence electrons. The van der Waals surface area contributed by atoms with Crippen molar-refractivity contribution in [2.24, 2.45) is 23.7 Å². The minimum atomic E-state index is -0.215. The molecule has 5 fully saturated rings. The predicted octanol–water partition coefficient (Wildman–Crippen LogP) is 2.79. The average Bonchev–Trinajstić information content (AvgIpc) is 2.70. The number of halogens is 1. The van der Waals surface area contributed by atoms with Crippen LogP contribution in [0.15, 0.2) is 0 Å². The fourth-order valence-electron chi connectivity index (χ4n) is 4.90. The number of ether oxygens (including phenoxy) is 2. The molecule has 2 nitrogen and oxygen atoms in total. The SMILES string of the molecule is ClCC1COC2(O1)C1CC3CC(C1)CC2C3. The third-order valence-electron chi connectivity index (χ3n) is 5.29. The van der Waals surface area contributed by atoms with Gasteiger partial charge < -0.3 is 9.47 Å². The van der Waals surface area contributed by atoms with Crippen molar-refractivity contribution >= 4 is 11.6 Å².